The monoisotopic (exact) mass is 500 g/mol. The SMILES string of the molecule is COc1cc2nccc(Oc3ccc(NC(=O)C4(N)CCCCCC4)c(Cl)c3F)c2cc1C(N)=O. The van der Waals surface area contributed by atoms with E-state index in [4.69, 9.17) is 32.5 Å². The highest BCUT2D eigenvalue weighted by molar-refractivity contribution is 6.34. The molecule has 0 spiro atoms. The smallest absolute Gasteiger partial charge is 0.252 e. The van der Waals surface area contributed by atoms with Gasteiger partial charge in [-0.1, -0.05) is 37.3 Å². The van der Waals surface area contributed by atoms with Gasteiger partial charge in [0.15, 0.2) is 11.6 Å². The zero-order valence-corrected chi connectivity index (χ0v) is 20.0. The van der Waals surface area contributed by atoms with E-state index in [1.807, 2.05) is 0 Å². The van der Waals surface area contributed by atoms with Crippen molar-refractivity contribution in [2.75, 3.05) is 12.4 Å². The number of hydrogen-bond donors (Lipinski definition) is 3. The molecule has 184 valence electrons. The van der Waals surface area contributed by atoms with Crippen molar-refractivity contribution in [3.05, 3.63) is 52.9 Å². The molecule has 1 fully saturated rings. The van der Waals surface area contributed by atoms with Crippen LogP contribution >= 0.6 is 11.6 Å². The first-order valence-corrected chi connectivity index (χ1v) is 11.6. The number of pyridine rings is 1. The van der Waals surface area contributed by atoms with E-state index >= 15 is 4.39 Å². The topological polar surface area (TPSA) is 130 Å². The number of nitrogens with two attached hydrogens (primary N) is 2. The molecule has 0 radical (unpaired) electrons. The second kappa shape index (κ2) is 10.1. The minimum absolute atomic E-state index is 0.107. The molecule has 35 heavy (non-hydrogen) atoms. The molecule has 1 saturated carbocycles. The van der Waals surface area contributed by atoms with Crippen molar-refractivity contribution in [2.45, 2.75) is 44.1 Å². The van der Waals surface area contributed by atoms with Gasteiger partial charge in [-0.05, 0) is 37.1 Å². The van der Waals surface area contributed by atoms with Crippen LogP contribution in [0.15, 0.2) is 36.5 Å². The maximum Gasteiger partial charge on any atom is 0.252 e. The highest BCUT2D eigenvalue weighted by Crippen LogP contribution is 2.38. The van der Waals surface area contributed by atoms with Gasteiger partial charge in [0.05, 0.1) is 29.4 Å². The summed E-state index contributed by atoms with van der Waals surface area (Å²) >= 11 is 6.25. The molecule has 8 nitrogen and oxygen atoms in total. The van der Waals surface area contributed by atoms with Gasteiger partial charge < -0.3 is 26.3 Å². The molecule has 4 rings (SSSR count). The summed E-state index contributed by atoms with van der Waals surface area (Å²) < 4.78 is 26.2. The average Bonchev–Trinajstić information content (AvgIpc) is 3.08. The fourth-order valence-electron chi connectivity index (χ4n) is 4.26. The van der Waals surface area contributed by atoms with Crippen LogP contribution in [0.1, 0.15) is 48.9 Å². The van der Waals surface area contributed by atoms with Gasteiger partial charge in [-0.15, -0.1) is 0 Å². The number of nitrogens with one attached hydrogen (secondary N) is 1. The molecule has 1 aliphatic carbocycles. The van der Waals surface area contributed by atoms with Crippen molar-refractivity contribution in [3.8, 4) is 17.2 Å². The second-order valence-electron chi connectivity index (χ2n) is 8.61. The Kier molecular flexibility index (Phi) is 7.09. The highest BCUT2D eigenvalue weighted by Gasteiger charge is 2.34. The van der Waals surface area contributed by atoms with E-state index in [9.17, 15) is 9.59 Å². The molecule has 0 aliphatic heterocycles. The second-order valence-corrected chi connectivity index (χ2v) is 8.99. The quantitative estimate of drug-likeness (QED) is 0.412. The van der Waals surface area contributed by atoms with Crippen molar-refractivity contribution in [1.29, 1.82) is 0 Å². The molecule has 1 heterocycles. The largest absolute Gasteiger partial charge is 0.496 e. The lowest BCUT2D eigenvalue weighted by molar-refractivity contribution is -0.121. The van der Waals surface area contributed by atoms with Crippen molar-refractivity contribution in [2.24, 2.45) is 11.5 Å². The molecule has 0 bridgehead atoms. The molecule has 2 aromatic carbocycles. The van der Waals surface area contributed by atoms with Crippen LogP contribution in [0, 0.1) is 5.82 Å². The Labute approximate surface area is 206 Å². The number of rotatable bonds is 6. The van der Waals surface area contributed by atoms with Gasteiger partial charge in [0.25, 0.3) is 5.91 Å². The summed E-state index contributed by atoms with van der Waals surface area (Å²) in [6, 6.07) is 7.35. The number of hydrogen-bond acceptors (Lipinski definition) is 6. The molecule has 1 aromatic heterocycles. The van der Waals surface area contributed by atoms with Crippen LogP contribution in [0.4, 0.5) is 10.1 Å². The Balaban J connectivity index is 1.62. The highest BCUT2D eigenvalue weighted by atomic mass is 35.5. The van der Waals surface area contributed by atoms with Crippen LogP contribution in [0.5, 0.6) is 17.2 Å². The Morgan fingerprint density at radius 3 is 2.46 bits per heavy atom. The standard InChI is InChI=1S/C25H26ClFN4O4/c1-34-20-13-17-14(12-15(20)23(28)32)18(8-11-30-17)35-19-7-6-16(21(26)22(19)27)31-24(33)25(29)9-4-2-3-5-10-25/h6-8,11-13H,2-5,9-10,29H2,1H3,(H2,28,32)(H,31,33). The number of amides is 2. The third-order valence-electron chi connectivity index (χ3n) is 6.25. The first-order chi connectivity index (χ1) is 16.7. The minimum atomic E-state index is -1.01. The zero-order chi connectivity index (χ0) is 25.2. The molecule has 1 aliphatic rings. The fraction of sp³-hybridized carbons (Fsp3) is 0.320. The minimum Gasteiger partial charge on any atom is -0.496 e. The molecular formula is C25H26ClFN4O4. The van der Waals surface area contributed by atoms with E-state index in [-0.39, 0.29) is 39.4 Å². The van der Waals surface area contributed by atoms with Crippen LogP contribution in [-0.4, -0.2) is 29.4 Å². The summed E-state index contributed by atoms with van der Waals surface area (Å²) in [6.45, 7) is 0. The first kappa shape index (κ1) is 24.7. The van der Waals surface area contributed by atoms with Crippen LogP contribution < -0.4 is 26.3 Å². The Morgan fingerprint density at radius 1 is 1.09 bits per heavy atom. The maximum absolute atomic E-state index is 15.2. The van der Waals surface area contributed by atoms with Crippen molar-refractivity contribution < 1.29 is 23.5 Å². The van der Waals surface area contributed by atoms with Gasteiger partial charge in [-0.2, -0.15) is 0 Å². The number of aromatic nitrogens is 1. The van der Waals surface area contributed by atoms with Gasteiger partial charge >= 0.3 is 0 Å². The molecular weight excluding hydrogens is 475 g/mol. The van der Waals surface area contributed by atoms with Crippen LogP contribution in [0.2, 0.25) is 5.02 Å². The van der Waals surface area contributed by atoms with Crippen molar-refractivity contribution in [1.82, 2.24) is 4.98 Å². The van der Waals surface area contributed by atoms with Crippen LogP contribution in [0.25, 0.3) is 10.9 Å². The zero-order valence-electron chi connectivity index (χ0n) is 19.2. The molecule has 0 atom stereocenters. The Hall–Kier alpha value is -3.43. The predicted molar refractivity (Wildman–Crippen MR) is 132 cm³/mol. The van der Waals surface area contributed by atoms with Gasteiger partial charge in [0.2, 0.25) is 5.91 Å². The normalized spacial score (nSPS) is 15.3. The number of halogens is 2. The van der Waals surface area contributed by atoms with Gasteiger partial charge in [-0.25, -0.2) is 4.39 Å². The summed E-state index contributed by atoms with van der Waals surface area (Å²) in [7, 11) is 1.41. The van der Waals surface area contributed by atoms with Crippen molar-refractivity contribution >= 4 is 40.0 Å². The van der Waals surface area contributed by atoms with E-state index in [2.05, 4.69) is 10.3 Å². The summed E-state index contributed by atoms with van der Waals surface area (Å²) in [6.07, 6.45) is 6.39. The van der Waals surface area contributed by atoms with Gasteiger partial charge in [0.1, 0.15) is 16.5 Å². The third-order valence-corrected chi connectivity index (χ3v) is 6.62. The van der Waals surface area contributed by atoms with Crippen LogP contribution in [-0.2, 0) is 4.79 Å². The van der Waals surface area contributed by atoms with E-state index in [0.717, 1.165) is 25.7 Å². The Bertz CT molecular complexity index is 1290. The molecule has 5 N–H and O–H groups in total. The fourth-order valence-corrected chi connectivity index (χ4v) is 4.46. The lowest BCUT2D eigenvalue weighted by Crippen LogP contribution is -2.50. The van der Waals surface area contributed by atoms with Gasteiger partial charge in [-0.3, -0.25) is 14.6 Å². The Morgan fingerprint density at radius 2 is 1.80 bits per heavy atom. The maximum atomic E-state index is 15.2. The first-order valence-electron chi connectivity index (χ1n) is 11.3. The van der Waals surface area contributed by atoms with E-state index in [1.54, 1.807) is 6.07 Å². The molecule has 3 aromatic rings. The number of nitrogens with zero attached hydrogens (tertiary/aromatic N) is 1. The van der Waals surface area contributed by atoms with E-state index < -0.39 is 17.3 Å². The van der Waals surface area contributed by atoms with E-state index in [0.29, 0.717) is 23.7 Å². The predicted octanol–water partition coefficient (Wildman–Crippen LogP) is 4.92. The van der Waals surface area contributed by atoms with Gasteiger partial charge in [0, 0.05) is 17.6 Å². The summed E-state index contributed by atoms with van der Waals surface area (Å²) in [4.78, 5) is 28.9. The summed E-state index contributed by atoms with van der Waals surface area (Å²) in [5.74, 6) is -1.62. The molecule has 0 unspecified atom stereocenters. The number of methoxy groups -OCH3 is 1. The number of carbonyl (C=O) groups excluding carboxylic acids is 2. The third kappa shape index (κ3) is 5.01. The number of primary amides is 1. The summed E-state index contributed by atoms with van der Waals surface area (Å²) in [5.41, 5.74) is 11.5. The molecule has 0 saturated heterocycles. The lowest BCUT2D eigenvalue weighted by Gasteiger charge is -2.27. The number of ether oxygens (including phenoxy) is 2. The lowest BCUT2D eigenvalue weighted by atomic mass is 9.90. The number of anilines is 1. The number of fused-ring (bicyclic) bond motifs is 1. The number of benzene rings is 2. The average molecular weight is 501 g/mol. The van der Waals surface area contributed by atoms with Crippen LogP contribution in [0.3, 0.4) is 0 Å². The molecule has 10 heteroatoms. The summed E-state index contributed by atoms with van der Waals surface area (Å²) in [5, 5.41) is 2.80. The van der Waals surface area contributed by atoms with E-state index in [1.165, 1.54) is 37.6 Å². The van der Waals surface area contributed by atoms with Crippen molar-refractivity contribution in [3.63, 3.8) is 0 Å². The number of carbonyl (C=O) groups is 2. The molecule has 2 amide bonds.